The van der Waals surface area contributed by atoms with Crippen LogP contribution in [0.1, 0.15) is 82.0 Å². The fourth-order valence-electron chi connectivity index (χ4n) is 6.55. The van der Waals surface area contributed by atoms with Gasteiger partial charge in [0.2, 0.25) is 5.91 Å². The number of benzene rings is 2. The van der Waals surface area contributed by atoms with Crippen molar-refractivity contribution >= 4 is 34.7 Å². The molecule has 0 radical (unpaired) electrons. The van der Waals surface area contributed by atoms with E-state index >= 15 is 0 Å². The van der Waals surface area contributed by atoms with E-state index in [4.69, 9.17) is 24.5 Å². The largest absolute Gasteiger partial charge is 0.490 e. The number of amides is 2. The topological polar surface area (TPSA) is 178 Å². The fourth-order valence-corrected chi connectivity index (χ4v) is 6.55. The number of hydroxylamine groups is 1. The van der Waals surface area contributed by atoms with Crippen molar-refractivity contribution in [3.8, 4) is 5.75 Å². The molecule has 5 N–H and O–H groups in total. The van der Waals surface area contributed by atoms with Crippen LogP contribution < -0.4 is 15.5 Å². The Morgan fingerprint density at radius 1 is 0.930 bits per heavy atom. The Morgan fingerprint density at radius 2 is 1.49 bits per heavy atom. The van der Waals surface area contributed by atoms with Crippen LogP contribution in [0.25, 0.3) is 10.9 Å². The quantitative estimate of drug-likeness (QED) is 0.0489. The van der Waals surface area contributed by atoms with Gasteiger partial charge in [-0.3, -0.25) is 19.8 Å². The van der Waals surface area contributed by atoms with Gasteiger partial charge in [-0.05, 0) is 87.7 Å². The zero-order valence-electron chi connectivity index (χ0n) is 31.8. The third kappa shape index (κ3) is 13.9. The number of fused-ring (bicyclic) bond motifs is 1. The summed E-state index contributed by atoms with van der Waals surface area (Å²) in [7, 11) is 0. The van der Waals surface area contributed by atoms with Gasteiger partial charge in [0.1, 0.15) is 18.4 Å². The van der Waals surface area contributed by atoms with Crippen LogP contribution in [0.15, 0.2) is 54.6 Å². The molecule has 5 rings (SSSR count). The van der Waals surface area contributed by atoms with Crippen molar-refractivity contribution < 1.29 is 65.7 Å². The third-order valence-electron chi connectivity index (χ3n) is 9.48. The SMILES string of the molecule is Cc1cc(COc2ccc(C3(C(=O)N(CCCNC4CCCC4)[C@@H](CC(C)C)C(=O)NO)CC3)cc2)c2ccccc2n1.O=C(O)C(F)(F)F.O=C(O)C(F)(F)F. The summed E-state index contributed by atoms with van der Waals surface area (Å²) in [6, 6.07) is 17.8. The van der Waals surface area contributed by atoms with Crippen molar-refractivity contribution in [2.75, 3.05) is 13.1 Å². The van der Waals surface area contributed by atoms with E-state index in [1.54, 1.807) is 4.90 Å². The molecule has 57 heavy (non-hydrogen) atoms. The van der Waals surface area contributed by atoms with Gasteiger partial charge in [0.15, 0.2) is 0 Å². The molecule has 2 aliphatic carbocycles. The Kier molecular flexibility index (Phi) is 16.7. The third-order valence-corrected chi connectivity index (χ3v) is 9.48. The summed E-state index contributed by atoms with van der Waals surface area (Å²) in [5.41, 5.74) is 5.11. The van der Waals surface area contributed by atoms with Gasteiger partial charge in [0.25, 0.3) is 5.91 Å². The summed E-state index contributed by atoms with van der Waals surface area (Å²) in [4.78, 5) is 51.3. The highest BCUT2D eigenvalue weighted by Crippen LogP contribution is 2.50. The maximum atomic E-state index is 14.3. The molecule has 1 aromatic heterocycles. The summed E-state index contributed by atoms with van der Waals surface area (Å²) in [6.45, 7) is 7.74. The van der Waals surface area contributed by atoms with E-state index < -0.39 is 41.7 Å². The van der Waals surface area contributed by atoms with Gasteiger partial charge in [-0.25, -0.2) is 15.1 Å². The van der Waals surface area contributed by atoms with Crippen molar-refractivity contribution in [2.24, 2.45) is 5.92 Å². The fraction of sp³-hybridized carbons (Fsp3) is 0.513. The molecule has 2 aromatic carbocycles. The van der Waals surface area contributed by atoms with Crippen LogP contribution in [-0.4, -0.2) is 86.6 Å². The minimum Gasteiger partial charge on any atom is -0.489 e. The van der Waals surface area contributed by atoms with Gasteiger partial charge in [-0.15, -0.1) is 0 Å². The summed E-state index contributed by atoms with van der Waals surface area (Å²) in [6.07, 6.45) is -2.52. The first-order valence-electron chi connectivity index (χ1n) is 18.4. The van der Waals surface area contributed by atoms with Crippen LogP contribution in [0.5, 0.6) is 5.75 Å². The van der Waals surface area contributed by atoms with Crippen LogP contribution in [0.3, 0.4) is 0 Å². The van der Waals surface area contributed by atoms with Gasteiger partial charge < -0.3 is 25.2 Å². The highest BCUT2D eigenvalue weighted by atomic mass is 19.4. The van der Waals surface area contributed by atoms with E-state index in [1.165, 1.54) is 25.7 Å². The molecule has 2 saturated carbocycles. The molecule has 314 valence electrons. The Hall–Kier alpha value is -4.97. The van der Waals surface area contributed by atoms with Crippen molar-refractivity contribution in [3.05, 3.63) is 71.4 Å². The van der Waals surface area contributed by atoms with Crippen molar-refractivity contribution in [1.82, 2.24) is 20.7 Å². The summed E-state index contributed by atoms with van der Waals surface area (Å²) in [5, 5.41) is 28.5. The number of aliphatic carboxylic acids is 2. The molecule has 1 atom stereocenters. The lowest BCUT2D eigenvalue weighted by Gasteiger charge is -2.34. The lowest BCUT2D eigenvalue weighted by Crippen LogP contribution is -2.53. The summed E-state index contributed by atoms with van der Waals surface area (Å²) in [5.74, 6) is -5.15. The number of pyridine rings is 1. The molecule has 0 bridgehead atoms. The second-order valence-corrected chi connectivity index (χ2v) is 14.3. The number of nitrogens with one attached hydrogen (secondary N) is 2. The molecule has 2 amide bonds. The Morgan fingerprint density at radius 3 is 2.00 bits per heavy atom. The second-order valence-electron chi connectivity index (χ2n) is 14.3. The minimum absolute atomic E-state index is 0.0324. The minimum atomic E-state index is -5.08. The van der Waals surface area contributed by atoms with E-state index in [2.05, 4.69) is 22.4 Å². The predicted molar refractivity (Wildman–Crippen MR) is 195 cm³/mol. The number of ether oxygens (including phenoxy) is 1. The van der Waals surface area contributed by atoms with Crippen molar-refractivity contribution in [1.29, 1.82) is 0 Å². The van der Waals surface area contributed by atoms with Gasteiger partial charge >= 0.3 is 24.3 Å². The highest BCUT2D eigenvalue weighted by molar-refractivity contribution is 5.95. The highest BCUT2D eigenvalue weighted by Gasteiger charge is 2.54. The molecular formula is C39H48F6N4O8. The first kappa shape index (κ1) is 46.4. The number of carbonyl (C=O) groups excluding carboxylic acids is 2. The maximum absolute atomic E-state index is 14.3. The van der Waals surface area contributed by atoms with E-state index in [-0.39, 0.29) is 11.8 Å². The van der Waals surface area contributed by atoms with Gasteiger partial charge in [0, 0.05) is 29.2 Å². The summed E-state index contributed by atoms with van der Waals surface area (Å²) >= 11 is 0. The van der Waals surface area contributed by atoms with E-state index in [1.807, 2.05) is 68.7 Å². The zero-order valence-corrected chi connectivity index (χ0v) is 31.8. The van der Waals surface area contributed by atoms with E-state index in [0.717, 1.165) is 59.3 Å². The molecule has 12 nitrogen and oxygen atoms in total. The molecule has 0 saturated heterocycles. The number of hydrogen-bond acceptors (Lipinski definition) is 8. The molecule has 2 fully saturated rings. The van der Waals surface area contributed by atoms with Gasteiger partial charge in [-0.1, -0.05) is 57.0 Å². The number of carboxylic acids is 2. The first-order chi connectivity index (χ1) is 26.7. The second kappa shape index (κ2) is 20.5. The van der Waals surface area contributed by atoms with Crippen molar-refractivity contribution in [2.45, 2.75) is 109 Å². The van der Waals surface area contributed by atoms with Crippen LogP contribution in [-0.2, 0) is 31.2 Å². The molecule has 1 heterocycles. The number of carboxylic acid groups (broad SMARTS) is 2. The average Bonchev–Trinajstić information content (AvgIpc) is 3.79. The van der Waals surface area contributed by atoms with E-state index in [0.29, 0.717) is 25.6 Å². The van der Waals surface area contributed by atoms with Crippen LogP contribution in [0, 0.1) is 12.8 Å². The average molecular weight is 815 g/mol. The Bertz CT molecular complexity index is 1790. The van der Waals surface area contributed by atoms with Crippen LogP contribution in [0.4, 0.5) is 26.3 Å². The van der Waals surface area contributed by atoms with Crippen LogP contribution >= 0.6 is 0 Å². The van der Waals surface area contributed by atoms with Crippen LogP contribution in [0.2, 0.25) is 0 Å². The molecule has 0 unspecified atom stereocenters. The maximum Gasteiger partial charge on any atom is 0.490 e. The number of alkyl halides is 6. The number of hydrogen-bond donors (Lipinski definition) is 5. The standard InChI is InChI=1S/C35H46N4O4.2C2HF3O2/c1-24(2)21-32(33(40)38-42)39(20-8-19-36-28-9-4-5-10-28)34(41)35(17-18-35)27-13-15-29(16-14-27)43-23-26-22-25(3)37-31-12-7-6-11-30(26)31;2*3-2(4,5)1(6)7/h6-7,11-16,22,24,28,32,36,42H,4-5,8-10,17-21,23H2,1-3H3,(H,38,40);2*(H,6,7)/t32-;;/m0../s1. The normalized spacial score (nSPS) is 15.4. The van der Waals surface area contributed by atoms with E-state index in [9.17, 15) is 41.1 Å². The monoisotopic (exact) mass is 814 g/mol. The number of halogens is 6. The number of carbonyl (C=O) groups is 4. The number of nitrogens with zero attached hydrogens (tertiary/aromatic N) is 2. The number of rotatable bonds is 14. The molecule has 3 aromatic rings. The van der Waals surface area contributed by atoms with Crippen molar-refractivity contribution in [3.63, 3.8) is 0 Å². The molecule has 18 heteroatoms. The smallest absolute Gasteiger partial charge is 0.489 e. The number of para-hydroxylation sites is 1. The molecule has 0 aliphatic heterocycles. The summed E-state index contributed by atoms with van der Waals surface area (Å²) < 4.78 is 69.6. The Labute approximate surface area is 325 Å². The zero-order chi connectivity index (χ0) is 42.6. The number of aromatic nitrogens is 1. The molecule has 2 aliphatic rings. The van der Waals surface area contributed by atoms with Gasteiger partial charge in [0.05, 0.1) is 10.9 Å². The molecular weight excluding hydrogens is 766 g/mol. The first-order valence-corrected chi connectivity index (χ1v) is 18.4. The Balaban J connectivity index is 0.000000531. The predicted octanol–water partition coefficient (Wildman–Crippen LogP) is 7.09. The lowest BCUT2D eigenvalue weighted by molar-refractivity contribution is -0.193. The van der Waals surface area contributed by atoms with Gasteiger partial charge in [-0.2, -0.15) is 26.3 Å². The number of aryl methyl sites for hydroxylation is 1. The molecule has 0 spiro atoms. The lowest BCUT2D eigenvalue weighted by atomic mass is 9.92.